The number of carbonyl (C=O) groups excluding carboxylic acids is 2. The molecule has 0 radical (unpaired) electrons. The van der Waals surface area contributed by atoms with Crippen LogP contribution >= 0.6 is 0 Å². The van der Waals surface area contributed by atoms with Crippen LogP contribution in [0.4, 0.5) is 10.1 Å². The highest BCUT2D eigenvalue weighted by Crippen LogP contribution is 2.22. The fourth-order valence-electron chi connectivity index (χ4n) is 2.92. The zero-order chi connectivity index (χ0) is 21.0. The third-order valence-corrected chi connectivity index (χ3v) is 6.43. The molecule has 1 amide bonds. The molecular formula is C20H21FN2O5S. The molecule has 1 heterocycles. The van der Waals surface area contributed by atoms with Crippen molar-refractivity contribution in [2.24, 2.45) is 0 Å². The van der Waals surface area contributed by atoms with Crippen LogP contribution in [0.2, 0.25) is 0 Å². The van der Waals surface area contributed by atoms with Crippen LogP contribution < -0.4 is 5.32 Å². The van der Waals surface area contributed by atoms with E-state index in [1.807, 2.05) is 0 Å². The van der Waals surface area contributed by atoms with E-state index in [9.17, 15) is 22.4 Å². The van der Waals surface area contributed by atoms with Crippen molar-refractivity contribution in [2.75, 3.05) is 18.4 Å². The van der Waals surface area contributed by atoms with E-state index in [0.717, 1.165) is 12.8 Å². The fraction of sp³-hybridized carbons (Fsp3) is 0.300. The van der Waals surface area contributed by atoms with Crippen molar-refractivity contribution in [2.45, 2.75) is 30.8 Å². The van der Waals surface area contributed by atoms with Crippen LogP contribution in [0.5, 0.6) is 0 Å². The maximum absolute atomic E-state index is 12.9. The predicted octanol–water partition coefficient (Wildman–Crippen LogP) is 2.79. The van der Waals surface area contributed by atoms with Gasteiger partial charge < -0.3 is 10.1 Å². The summed E-state index contributed by atoms with van der Waals surface area (Å²) in [4.78, 5) is 24.6. The minimum atomic E-state index is -3.67. The third-order valence-electron chi connectivity index (χ3n) is 4.54. The SMILES string of the molecule is C[C@@H](OC(=O)c1cccc(S(=O)(=O)N2CCCC2)c1)C(=O)Nc1ccc(F)cc1. The van der Waals surface area contributed by atoms with Crippen molar-refractivity contribution in [1.82, 2.24) is 4.31 Å². The summed E-state index contributed by atoms with van der Waals surface area (Å²) in [6, 6.07) is 10.7. The minimum Gasteiger partial charge on any atom is -0.449 e. The summed E-state index contributed by atoms with van der Waals surface area (Å²) in [5.41, 5.74) is 0.393. The van der Waals surface area contributed by atoms with Gasteiger partial charge in [0.15, 0.2) is 6.10 Å². The average molecular weight is 420 g/mol. The Morgan fingerprint density at radius 3 is 2.41 bits per heavy atom. The Morgan fingerprint density at radius 1 is 1.10 bits per heavy atom. The van der Waals surface area contributed by atoms with Gasteiger partial charge in [0.2, 0.25) is 10.0 Å². The van der Waals surface area contributed by atoms with Gasteiger partial charge in [0.25, 0.3) is 5.91 Å². The first-order valence-corrected chi connectivity index (χ1v) is 10.6. The van der Waals surface area contributed by atoms with Crippen LogP contribution in [-0.4, -0.2) is 43.8 Å². The minimum absolute atomic E-state index is 0.0114. The second-order valence-corrected chi connectivity index (χ2v) is 8.62. The first kappa shape index (κ1) is 20.9. The van der Waals surface area contributed by atoms with E-state index in [1.165, 1.54) is 59.8 Å². The van der Waals surface area contributed by atoms with E-state index in [-0.39, 0.29) is 10.5 Å². The monoisotopic (exact) mass is 420 g/mol. The number of rotatable bonds is 6. The van der Waals surface area contributed by atoms with Gasteiger partial charge in [-0.25, -0.2) is 17.6 Å². The summed E-state index contributed by atoms with van der Waals surface area (Å²) in [7, 11) is -3.67. The highest BCUT2D eigenvalue weighted by Gasteiger charge is 2.28. The van der Waals surface area contributed by atoms with Crippen LogP contribution in [0.1, 0.15) is 30.1 Å². The Morgan fingerprint density at radius 2 is 1.76 bits per heavy atom. The number of nitrogens with one attached hydrogen (secondary N) is 1. The topological polar surface area (TPSA) is 92.8 Å². The quantitative estimate of drug-likeness (QED) is 0.726. The summed E-state index contributed by atoms with van der Waals surface area (Å²) >= 11 is 0. The maximum Gasteiger partial charge on any atom is 0.338 e. The van der Waals surface area contributed by atoms with E-state index in [1.54, 1.807) is 0 Å². The van der Waals surface area contributed by atoms with Crippen LogP contribution in [0.25, 0.3) is 0 Å². The maximum atomic E-state index is 12.9. The molecular weight excluding hydrogens is 399 g/mol. The molecule has 0 unspecified atom stereocenters. The number of hydrogen-bond acceptors (Lipinski definition) is 5. The van der Waals surface area contributed by atoms with Gasteiger partial charge in [-0.1, -0.05) is 6.07 Å². The molecule has 7 nitrogen and oxygen atoms in total. The average Bonchev–Trinajstić information content (AvgIpc) is 3.25. The molecule has 1 atom stereocenters. The van der Waals surface area contributed by atoms with Crippen molar-refractivity contribution in [1.29, 1.82) is 0 Å². The molecule has 154 valence electrons. The van der Waals surface area contributed by atoms with Gasteiger partial charge in [0, 0.05) is 18.8 Å². The first-order chi connectivity index (χ1) is 13.8. The fourth-order valence-corrected chi connectivity index (χ4v) is 4.48. The number of carbonyl (C=O) groups is 2. The molecule has 1 aliphatic rings. The molecule has 1 saturated heterocycles. The number of esters is 1. The van der Waals surface area contributed by atoms with Crippen LogP contribution in [-0.2, 0) is 19.6 Å². The van der Waals surface area contributed by atoms with Gasteiger partial charge >= 0.3 is 5.97 Å². The van der Waals surface area contributed by atoms with E-state index in [0.29, 0.717) is 18.8 Å². The molecule has 29 heavy (non-hydrogen) atoms. The number of amides is 1. The second kappa shape index (κ2) is 8.71. The molecule has 0 spiro atoms. The summed E-state index contributed by atoms with van der Waals surface area (Å²) in [6.45, 7) is 2.30. The molecule has 9 heteroatoms. The number of ether oxygens (including phenoxy) is 1. The molecule has 1 N–H and O–H groups in total. The predicted molar refractivity (Wildman–Crippen MR) is 104 cm³/mol. The zero-order valence-corrected chi connectivity index (χ0v) is 16.6. The lowest BCUT2D eigenvalue weighted by Crippen LogP contribution is -2.30. The molecule has 1 fully saturated rings. The lowest BCUT2D eigenvalue weighted by atomic mass is 10.2. The van der Waals surface area contributed by atoms with Crippen LogP contribution in [0.3, 0.4) is 0 Å². The van der Waals surface area contributed by atoms with E-state index in [4.69, 9.17) is 4.74 Å². The Hall–Kier alpha value is -2.78. The van der Waals surface area contributed by atoms with Crippen molar-refractivity contribution in [3.63, 3.8) is 0 Å². The van der Waals surface area contributed by atoms with E-state index >= 15 is 0 Å². The number of nitrogens with zero attached hydrogens (tertiary/aromatic N) is 1. The van der Waals surface area contributed by atoms with Crippen molar-refractivity contribution in [3.8, 4) is 0 Å². The van der Waals surface area contributed by atoms with Gasteiger partial charge in [-0.05, 0) is 62.2 Å². The lowest BCUT2D eigenvalue weighted by Gasteiger charge is -2.16. The molecule has 3 rings (SSSR count). The van der Waals surface area contributed by atoms with Crippen molar-refractivity contribution >= 4 is 27.6 Å². The lowest BCUT2D eigenvalue weighted by molar-refractivity contribution is -0.123. The second-order valence-electron chi connectivity index (χ2n) is 6.68. The van der Waals surface area contributed by atoms with Gasteiger partial charge in [0.05, 0.1) is 10.5 Å². The zero-order valence-electron chi connectivity index (χ0n) is 15.8. The van der Waals surface area contributed by atoms with E-state index < -0.39 is 33.8 Å². The molecule has 0 aliphatic carbocycles. The standard InChI is InChI=1S/C20H21FN2O5S/c1-14(19(24)22-17-9-7-16(21)8-10-17)28-20(25)15-5-4-6-18(13-15)29(26,27)23-11-2-3-12-23/h4-10,13-14H,2-3,11-12H2,1H3,(H,22,24)/t14-/m1/s1. The number of anilines is 1. The number of hydrogen-bond donors (Lipinski definition) is 1. The Bertz CT molecular complexity index is 1000. The van der Waals surface area contributed by atoms with Gasteiger partial charge in [-0.2, -0.15) is 4.31 Å². The Kier molecular flexibility index (Phi) is 6.29. The molecule has 0 aromatic heterocycles. The summed E-state index contributed by atoms with van der Waals surface area (Å²) in [5.74, 6) is -1.85. The Labute approximate surface area is 168 Å². The van der Waals surface area contributed by atoms with Gasteiger partial charge in [-0.3, -0.25) is 4.79 Å². The smallest absolute Gasteiger partial charge is 0.338 e. The first-order valence-electron chi connectivity index (χ1n) is 9.15. The normalized spacial score (nSPS) is 15.7. The van der Waals surface area contributed by atoms with Crippen LogP contribution in [0.15, 0.2) is 53.4 Å². The molecule has 2 aromatic rings. The molecule has 1 aliphatic heterocycles. The summed E-state index contributed by atoms with van der Waals surface area (Å²) < 4.78 is 44.8. The van der Waals surface area contributed by atoms with Gasteiger partial charge in [-0.15, -0.1) is 0 Å². The van der Waals surface area contributed by atoms with E-state index in [2.05, 4.69) is 5.32 Å². The van der Waals surface area contributed by atoms with Crippen molar-refractivity contribution in [3.05, 3.63) is 59.9 Å². The number of sulfonamides is 1. The Balaban J connectivity index is 1.67. The van der Waals surface area contributed by atoms with Crippen molar-refractivity contribution < 1.29 is 27.1 Å². The third kappa shape index (κ3) is 4.99. The highest BCUT2D eigenvalue weighted by atomic mass is 32.2. The summed E-state index contributed by atoms with van der Waals surface area (Å²) in [5, 5.41) is 2.51. The highest BCUT2D eigenvalue weighted by molar-refractivity contribution is 7.89. The number of halogens is 1. The largest absolute Gasteiger partial charge is 0.449 e. The molecule has 0 saturated carbocycles. The summed E-state index contributed by atoms with van der Waals surface area (Å²) in [6.07, 6.45) is 0.481. The van der Waals surface area contributed by atoms with Crippen LogP contribution in [0, 0.1) is 5.82 Å². The number of benzene rings is 2. The molecule has 2 aromatic carbocycles. The molecule has 0 bridgehead atoms. The van der Waals surface area contributed by atoms with Gasteiger partial charge in [0.1, 0.15) is 5.82 Å².